The van der Waals surface area contributed by atoms with Gasteiger partial charge in [0.25, 0.3) is 0 Å². The molecular formula is C16H13ClN2OS. The Bertz CT molecular complexity index is 785. The summed E-state index contributed by atoms with van der Waals surface area (Å²) in [6, 6.07) is 15.3. The number of amides is 1. The summed E-state index contributed by atoms with van der Waals surface area (Å²) in [5, 5.41) is 9.66. The molecule has 106 valence electrons. The molecule has 1 amide bonds. The molecule has 0 fully saturated rings. The summed E-state index contributed by atoms with van der Waals surface area (Å²) in [5.41, 5.74) is 1.55. The van der Waals surface area contributed by atoms with Crippen LogP contribution >= 0.6 is 22.9 Å². The number of hydrogen-bond donors (Lipinski definition) is 2. The first-order valence-electron chi connectivity index (χ1n) is 6.48. The second-order valence-corrected chi connectivity index (χ2v) is 5.91. The Kier molecular flexibility index (Phi) is 4.08. The van der Waals surface area contributed by atoms with Crippen LogP contribution in [-0.2, 0) is 4.79 Å². The Hall–Kier alpha value is -2.04. The Balaban J connectivity index is 1.61. The first-order chi connectivity index (χ1) is 10.2. The maximum atomic E-state index is 11.9. The summed E-state index contributed by atoms with van der Waals surface area (Å²) < 4.78 is 1.24. The van der Waals surface area contributed by atoms with E-state index in [1.54, 1.807) is 23.5 Å². The van der Waals surface area contributed by atoms with Gasteiger partial charge < -0.3 is 10.6 Å². The Labute approximate surface area is 131 Å². The highest BCUT2D eigenvalue weighted by molar-refractivity contribution is 7.17. The zero-order valence-electron chi connectivity index (χ0n) is 11.1. The van der Waals surface area contributed by atoms with Crippen molar-refractivity contribution in [1.29, 1.82) is 0 Å². The average Bonchev–Trinajstić information content (AvgIpc) is 2.95. The maximum Gasteiger partial charge on any atom is 0.243 e. The monoisotopic (exact) mass is 316 g/mol. The zero-order chi connectivity index (χ0) is 14.7. The van der Waals surface area contributed by atoms with E-state index in [1.807, 2.05) is 30.3 Å². The number of hydrogen-bond acceptors (Lipinski definition) is 3. The van der Waals surface area contributed by atoms with Crippen molar-refractivity contribution in [3.05, 3.63) is 58.9 Å². The minimum Gasteiger partial charge on any atom is -0.376 e. The lowest BCUT2D eigenvalue weighted by atomic mass is 10.2. The number of rotatable bonds is 4. The highest BCUT2D eigenvalue weighted by atomic mass is 35.5. The van der Waals surface area contributed by atoms with E-state index < -0.39 is 0 Å². The fourth-order valence-electron chi connectivity index (χ4n) is 2.02. The number of halogens is 1. The average molecular weight is 317 g/mol. The fraction of sp³-hybridized carbons (Fsp3) is 0.0625. The molecule has 1 aromatic heterocycles. The molecule has 2 aromatic carbocycles. The summed E-state index contributed by atoms with van der Waals surface area (Å²) in [6.45, 7) is 0.195. The van der Waals surface area contributed by atoms with Gasteiger partial charge in [0.15, 0.2) is 0 Å². The molecule has 0 radical (unpaired) electrons. The van der Waals surface area contributed by atoms with E-state index in [0.29, 0.717) is 10.7 Å². The largest absolute Gasteiger partial charge is 0.376 e. The third-order valence-electron chi connectivity index (χ3n) is 3.05. The van der Waals surface area contributed by atoms with E-state index in [-0.39, 0.29) is 12.5 Å². The number of benzene rings is 2. The standard InChI is InChI=1S/C16H13ClN2OS/c17-13-3-1-2-4-14(13)19-16(20)10-18-12-5-6-15-11(9-12)7-8-21-15/h1-9,18H,10H2,(H,19,20). The number of nitrogens with one attached hydrogen (secondary N) is 2. The van der Waals surface area contributed by atoms with Gasteiger partial charge in [-0.1, -0.05) is 23.7 Å². The molecule has 0 aliphatic heterocycles. The van der Waals surface area contributed by atoms with Gasteiger partial charge in [-0.25, -0.2) is 0 Å². The van der Waals surface area contributed by atoms with Crippen LogP contribution in [0.2, 0.25) is 5.02 Å². The summed E-state index contributed by atoms with van der Waals surface area (Å²) in [6.07, 6.45) is 0. The lowest BCUT2D eigenvalue weighted by molar-refractivity contribution is -0.114. The smallest absolute Gasteiger partial charge is 0.243 e. The predicted molar refractivity (Wildman–Crippen MR) is 90.4 cm³/mol. The first-order valence-corrected chi connectivity index (χ1v) is 7.74. The summed E-state index contributed by atoms with van der Waals surface area (Å²) in [4.78, 5) is 11.9. The molecule has 5 heteroatoms. The van der Waals surface area contributed by atoms with Crippen molar-refractivity contribution in [2.45, 2.75) is 0 Å². The molecule has 0 bridgehead atoms. The van der Waals surface area contributed by atoms with E-state index in [9.17, 15) is 4.79 Å². The topological polar surface area (TPSA) is 41.1 Å². The molecule has 2 N–H and O–H groups in total. The normalized spacial score (nSPS) is 10.5. The molecule has 3 rings (SSSR count). The van der Waals surface area contributed by atoms with Gasteiger partial charge in [-0.15, -0.1) is 11.3 Å². The molecule has 3 nitrogen and oxygen atoms in total. The molecule has 1 heterocycles. The minimum absolute atomic E-state index is 0.131. The Morgan fingerprint density at radius 2 is 2.00 bits per heavy atom. The lowest BCUT2D eigenvalue weighted by Crippen LogP contribution is -2.21. The van der Waals surface area contributed by atoms with Crippen LogP contribution in [0.5, 0.6) is 0 Å². The molecule has 3 aromatic rings. The van der Waals surface area contributed by atoms with Crippen LogP contribution in [0.15, 0.2) is 53.9 Å². The van der Waals surface area contributed by atoms with Crippen molar-refractivity contribution in [2.75, 3.05) is 17.2 Å². The van der Waals surface area contributed by atoms with Crippen LogP contribution in [0.25, 0.3) is 10.1 Å². The van der Waals surface area contributed by atoms with E-state index in [4.69, 9.17) is 11.6 Å². The second kappa shape index (κ2) is 6.16. The summed E-state index contributed by atoms with van der Waals surface area (Å²) in [5.74, 6) is -0.131. The Morgan fingerprint density at radius 1 is 1.14 bits per heavy atom. The van der Waals surface area contributed by atoms with Crippen molar-refractivity contribution in [3.63, 3.8) is 0 Å². The van der Waals surface area contributed by atoms with E-state index >= 15 is 0 Å². The van der Waals surface area contributed by atoms with Crippen LogP contribution in [0.4, 0.5) is 11.4 Å². The minimum atomic E-state index is -0.131. The van der Waals surface area contributed by atoms with Crippen molar-refractivity contribution in [2.24, 2.45) is 0 Å². The van der Waals surface area contributed by atoms with Gasteiger partial charge in [0.2, 0.25) is 5.91 Å². The van der Waals surface area contributed by atoms with Gasteiger partial charge in [-0.3, -0.25) is 4.79 Å². The SMILES string of the molecule is O=C(CNc1ccc2sccc2c1)Nc1ccccc1Cl. The quantitative estimate of drug-likeness (QED) is 0.738. The molecular weight excluding hydrogens is 304 g/mol. The van der Waals surface area contributed by atoms with Gasteiger partial charge >= 0.3 is 0 Å². The second-order valence-electron chi connectivity index (χ2n) is 4.55. The number of carbonyl (C=O) groups is 1. The van der Waals surface area contributed by atoms with Crippen LogP contribution in [0.1, 0.15) is 0 Å². The van der Waals surface area contributed by atoms with Crippen LogP contribution < -0.4 is 10.6 Å². The van der Waals surface area contributed by atoms with Gasteiger partial charge in [-0.2, -0.15) is 0 Å². The fourth-order valence-corrected chi connectivity index (χ4v) is 2.97. The van der Waals surface area contributed by atoms with Gasteiger partial charge in [0, 0.05) is 10.4 Å². The number of thiophene rings is 1. The third-order valence-corrected chi connectivity index (χ3v) is 4.28. The third kappa shape index (κ3) is 3.35. The molecule has 21 heavy (non-hydrogen) atoms. The number of fused-ring (bicyclic) bond motifs is 1. The van der Waals surface area contributed by atoms with Crippen LogP contribution in [0.3, 0.4) is 0 Å². The molecule has 0 saturated carbocycles. The zero-order valence-corrected chi connectivity index (χ0v) is 12.7. The first kappa shape index (κ1) is 13.9. The highest BCUT2D eigenvalue weighted by Gasteiger charge is 2.05. The number of para-hydroxylation sites is 1. The van der Waals surface area contributed by atoms with Crippen molar-refractivity contribution < 1.29 is 4.79 Å². The van der Waals surface area contributed by atoms with Gasteiger partial charge in [0.1, 0.15) is 0 Å². The number of anilines is 2. The number of carbonyl (C=O) groups excluding carboxylic acids is 1. The van der Waals surface area contributed by atoms with Crippen LogP contribution in [-0.4, -0.2) is 12.5 Å². The van der Waals surface area contributed by atoms with Crippen molar-refractivity contribution in [1.82, 2.24) is 0 Å². The van der Waals surface area contributed by atoms with Gasteiger partial charge in [0.05, 0.1) is 17.3 Å². The Morgan fingerprint density at radius 3 is 2.86 bits per heavy atom. The maximum absolute atomic E-state index is 11.9. The van der Waals surface area contributed by atoms with Crippen LogP contribution in [0, 0.1) is 0 Å². The van der Waals surface area contributed by atoms with E-state index in [0.717, 1.165) is 5.69 Å². The summed E-state index contributed by atoms with van der Waals surface area (Å²) in [7, 11) is 0. The van der Waals surface area contributed by atoms with E-state index in [2.05, 4.69) is 22.1 Å². The summed E-state index contributed by atoms with van der Waals surface area (Å²) >= 11 is 7.71. The van der Waals surface area contributed by atoms with Crippen molar-refractivity contribution >= 4 is 50.3 Å². The predicted octanol–water partition coefficient (Wildman–Crippen LogP) is 4.61. The molecule has 0 saturated heterocycles. The molecule has 0 spiro atoms. The van der Waals surface area contributed by atoms with E-state index in [1.165, 1.54) is 10.1 Å². The van der Waals surface area contributed by atoms with Crippen molar-refractivity contribution in [3.8, 4) is 0 Å². The molecule has 0 unspecified atom stereocenters. The highest BCUT2D eigenvalue weighted by Crippen LogP contribution is 2.24. The molecule has 0 aliphatic carbocycles. The lowest BCUT2D eigenvalue weighted by Gasteiger charge is -2.09. The molecule has 0 aliphatic rings. The molecule has 0 atom stereocenters. The van der Waals surface area contributed by atoms with Gasteiger partial charge in [-0.05, 0) is 47.2 Å².